The topological polar surface area (TPSA) is 50.3 Å². The summed E-state index contributed by atoms with van der Waals surface area (Å²) in [6.07, 6.45) is 2.31. The third-order valence-electron chi connectivity index (χ3n) is 5.15. The van der Waals surface area contributed by atoms with Crippen molar-refractivity contribution < 1.29 is 4.74 Å². The molecule has 1 atom stereocenters. The number of nitrogens with zero attached hydrogens (tertiary/aromatic N) is 3. The van der Waals surface area contributed by atoms with Crippen LogP contribution in [0.3, 0.4) is 0 Å². The van der Waals surface area contributed by atoms with Crippen LogP contribution >= 0.6 is 11.3 Å². The maximum absolute atomic E-state index is 5.61. The van der Waals surface area contributed by atoms with E-state index in [1.807, 2.05) is 18.4 Å². The Labute approximate surface area is 170 Å². The molecule has 1 aliphatic rings. The van der Waals surface area contributed by atoms with Gasteiger partial charge in [-0.1, -0.05) is 18.2 Å². The molecule has 1 saturated heterocycles. The second-order valence-electron chi connectivity index (χ2n) is 7.31. The van der Waals surface area contributed by atoms with E-state index in [1.54, 1.807) is 18.4 Å². The lowest BCUT2D eigenvalue weighted by molar-refractivity contribution is 0.240. The molecule has 0 aliphatic carbocycles. The molecule has 6 heteroatoms. The summed E-state index contributed by atoms with van der Waals surface area (Å²) in [4.78, 5) is 11.9. The van der Waals surface area contributed by atoms with Crippen molar-refractivity contribution in [2.24, 2.45) is 0 Å². The average molecular weight is 395 g/mol. The van der Waals surface area contributed by atoms with Crippen LogP contribution in [0.2, 0.25) is 0 Å². The van der Waals surface area contributed by atoms with Crippen LogP contribution in [0.15, 0.2) is 41.8 Å². The lowest BCUT2D eigenvalue weighted by Crippen LogP contribution is -2.24. The first-order valence-corrected chi connectivity index (χ1v) is 10.5. The lowest BCUT2D eigenvalue weighted by Gasteiger charge is -2.25. The molecule has 146 valence electrons. The standard InChI is InChI=1S/C22H26N4OS/c1-15-9-10-17(20(12-15)27-3)13-26-11-5-7-19(26)18-6-4-8-21(24-18)25-22-23-16(2)14-28-22/h4,6,8-10,12,14,19H,5,7,11,13H2,1-3H3,(H,23,24,25)/t19-/m1/s1. The summed E-state index contributed by atoms with van der Waals surface area (Å²) in [5.41, 5.74) is 4.59. The van der Waals surface area contributed by atoms with Crippen molar-refractivity contribution in [3.63, 3.8) is 0 Å². The van der Waals surface area contributed by atoms with Gasteiger partial charge in [0, 0.05) is 17.5 Å². The number of likely N-dealkylation sites (tertiary alicyclic amines) is 1. The summed E-state index contributed by atoms with van der Waals surface area (Å²) in [5.74, 6) is 1.82. The number of hydrogen-bond acceptors (Lipinski definition) is 6. The van der Waals surface area contributed by atoms with Crippen LogP contribution in [-0.4, -0.2) is 28.5 Å². The highest BCUT2D eigenvalue weighted by atomic mass is 32.1. The Hall–Kier alpha value is -2.44. The highest BCUT2D eigenvalue weighted by Crippen LogP contribution is 2.34. The van der Waals surface area contributed by atoms with Crippen molar-refractivity contribution in [3.05, 3.63) is 64.3 Å². The van der Waals surface area contributed by atoms with Gasteiger partial charge < -0.3 is 10.1 Å². The fraction of sp³-hybridized carbons (Fsp3) is 0.364. The number of anilines is 2. The zero-order chi connectivity index (χ0) is 19.5. The molecule has 0 bridgehead atoms. The largest absolute Gasteiger partial charge is 0.496 e. The maximum Gasteiger partial charge on any atom is 0.188 e. The quantitative estimate of drug-likeness (QED) is 0.619. The third kappa shape index (κ3) is 4.18. The number of ether oxygens (including phenoxy) is 1. The van der Waals surface area contributed by atoms with Crippen LogP contribution < -0.4 is 10.1 Å². The first kappa shape index (κ1) is 18.9. The smallest absolute Gasteiger partial charge is 0.188 e. The zero-order valence-corrected chi connectivity index (χ0v) is 17.4. The van der Waals surface area contributed by atoms with Crippen LogP contribution in [-0.2, 0) is 6.54 Å². The van der Waals surface area contributed by atoms with E-state index in [0.717, 1.165) is 47.6 Å². The van der Waals surface area contributed by atoms with Gasteiger partial charge in [-0.2, -0.15) is 0 Å². The van der Waals surface area contributed by atoms with E-state index in [0.29, 0.717) is 6.04 Å². The van der Waals surface area contributed by atoms with Crippen molar-refractivity contribution in [1.29, 1.82) is 0 Å². The number of thiazole rings is 1. The molecule has 1 N–H and O–H groups in total. The van der Waals surface area contributed by atoms with Crippen molar-refractivity contribution in [2.45, 2.75) is 39.3 Å². The molecule has 4 rings (SSSR count). The molecule has 1 aliphatic heterocycles. The Balaban J connectivity index is 1.53. The average Bonchev–Trinajstić information content (AvgIpc) is 3.32. The fourth-order valence-corrected chi connectivity index (χ4v) is 4.47. The maximum atomic E-state index is 5.61. The lowest BCUT2D eigenvalue weighted by atomic mass is 10.1. The van der Waals surface area contributed by atoms with Crippen molar-refractivity contribution in [3.8, 4) is 5.75 Å². The SMILES string of the molecule is COc1cc(C)ccc1CN1CCC[C@@H]1c1cccc(Nc2nc(C)cs2)n1. The molecule has 0 radical (unpaired) electrons. The van der Waals surface area contributed by atoms with Crippen molar-refractivity contribution in [2.75, 3.05) is 19.0 Å². The molecule has 0 unspecified atom stereocenters. The summed E-state index contributed by atoms with van der Waals surface area (Å²) < 4.78 is 5.61. The van der Waals surface area contributed by atoms with Crippen LogP contribution in [0, 0.1) is 13.8 Å². The van der Waals surface area contributed by atoms with Crippen LogP contribution in [0.25, 0.3) is 0 Å². The van der Waals surface area contributed by atoms with E-state index in [9.17, 15) is 0 Å². The number of benzene rings is 1. The Morgan fingerprint density at radius 3 is 2.89 bits per heavy atom. The van der Waals surface area contributed by atoms with E-state index in [4.69, 9.17) is 9.72 Å². The number of methoxy groups -OCH3 is 1. The van der Waals surface area contributed by atoms with E-state index >= 15 is 0 Å². The molecule has 0 amide bonds. The molecule has 1 fully saturated rings. The fourth-order valence-electron chi connectivity index (χ4n) is 3.78. The first-order valence-electron chi connectivity index (χ1n) is 9.66. The highest BCUT2D eigenvalue weighted by molar-refractivity contribution is 7.13. The van der Waals surface area contributed by atoms with Gasteiger partial charge in [0.1, 0.15) is 11.6 Å². The predicted octanol–water partition coefficient (Wildman–Crippen LogP) is 5.24. The number of nitrogens with one attached hydrogen (secondary N) is 1. The van der Waals surface area contributed by atoms with E-state index in [-0.39, 0.29) is 0 Å². The summed E-state index contributed by atoms with van der Waals surface area (Å²) in [6, 6.07) is 13.0. The molecule has 28 heavy (non-hydrogen) atoms. The molecule has 3 heterocycles. The number of pyridine rings is 1. The molecule has 0 spiro atoms. The number of aromatic nitrogens is 2. The van der Waals surface area contributed by atoms with Crippen LogP contribution in [0.5, 0.6) is 5.75 Å². The van der Waals surface area contributed by atoms with Crippen molar-refractivity contribution >= 4 is 22.3 Å². The minimum absolute atomic E-state index is 0.325. The molecule has 1 aromatic carbocycles. The summed E-state index contributed by atoms with van der Waals surface area (Å²) in [5, 5.41) is 6.26. The van der Waals surface area contributed by atoms with Gasteiger partial charge in [0.05, 0.1) is 24.5 Å². The number of hydrogen-bond donors (Lipinski definition) is 1. The monoisotopic (exact) mass is 394 g/mol. The Morgan fingerprint density at radius 1 is 1.21 bits per heavy atom. The molecule has 5 nitrogen and oxygen atoms in total. The second kappa shape index (κ2) is 8.29. The number of aryl methyl sites for hydroxylation is 2. The minimum Gasteiger partial charge on any atom is -0.496 e. The first-order chi connectivity index (χ1) is 13.6. The van der Waals surface area contributed by atoms with Gasteiger partial charge in [0.15, 0.2) is 5.13 Å². The Morgan fingerprint density at radius 2 is 2.11 bits per heavy atom. The summed E-state index contributed by atoms with van der Waals surface area (Å²) >= 11 is 1.60. The van der Waals surface area contributed by atoms with E-state index in [1.165, 1.54) is 17.5 Å². The van der Waals surface area contributed by atoms with Gasteiger partial charge in [0.25, 0.3) is 0 Å². The van der Waals surface area contributed by atoms with Gasteiger partial charge in [0.2, 0.25) is 0 Å². The number of rotatable bonds is 6. The van der Waals surface area contributed by atoms with Gasteiger partial charge in [-0.05, 0) is 57.0 Å². The molecule has 0 saturated carbocycles. The van der Waals surface area contributed by atoms with Crippen LogP contribution in [0.4, 0.5) is 10.9 Å². The van der Waals surface area contributed by atoms with E-state index in [2.05, 4.69) is 52.5 Å². The summed E-state index contributed by atoms with van der Waals surface area (Å²) in [6.45, 7) is 6.05. The molecular formula is C22H26N4OS. The molecular weight excluding hydrogens is 368 g/mol. The van der Waals surface area contributed by atoms with Gasteiger partial charge in [-0.3, -0.25) is 4.90 Å². The highest BCUT2D eigenvalue weighted by Gasteiger charge is 2.28. The normalized spacial score (nSPS) is 17.0. The van der Waals surface area contributed by atoms with Gasteiger partial charge >= 0.3 is 0 Å². The second-order valence-corrected chi connectivity index (χ2v) is 8.17. The predicted molar refractivity (Wildman–Crippen MR) is 114 cm³/mol. The Bertz CT molecular complexity index is 955. The summed E-state index contributed by atoms with van der Waals surface area (Å²) in [7, 11) is 1.75. The van der Waals surface area contributed by atoms with Crippen LogP contribution in [0.1, 0.15) is 41.4 Å². The molecule has 3 aromatic rings. The van der Waals surface area contributed by atoms with Gasteiger partial charge in [-0.25, -0.2) is 9.97 Å². The Kier molecular flexibility index (Phi) is 5.59. The molecule has 2 aromatic heterocycles. The zero-order valence-electron chi connectivity index (χ0n) is 16.6. The third-order valence-corrected chi connectivity index (χ3v) is 6.02. The van der Waals surface area contributed by atoms with Gasteiger partial charge in [-0.15, -0.1) is 11.3 Å². The van der Waals surface area contributed by atoms with Crippen molar-refractivity contribution in [1.82, 2.24) is 14.9 Å². The minimum atomic E-state index is 0.325. The van der Waals surface area contributed by atoms with E-state index < -0.39 is 0 Å².